The topological polar surface area (TPSA) is 239 Å². The summed E-state index contributed by atoms with van der Waals surface area (Å²) < 4.78 is 23.1. The molecule has 10 N–H and O–H groups in total. The fourth-order valence-corrected chi connectivity index (χ4v) is 8.14. The molecule has 0 aliphatic carbocycles. The lowest BCUT2D eigenvalue weighted by atomic mass is 9.83. The normalized spacial score (nSPS) is 28.1. The largest absolute Gasteiger partial charge is 0.394 e. The van der Waals surface area contributed by atoms with Crippen LogP contribution in [0.1, 0.15) is 123 Å². The van der Waals surface area contributed by atoms with Gasteiger partial charge in [-0.2, -0.15) is 0 Å². The Kier molecular flexibility index (Phi) is 28.9. The second-order valence-corrected chi connectivity index (χ2v) is 22.8. The summed E-state index contributed by atoms with van der Waals surface area (Å²) >= 11 is 0. The number of rotatable bonds is 28. The zero-order chi connectivity index (χ0) is 57.6. The van der Waals surface area contributed by atoms with Gasteiger partial charge in [-0.25, -0.2) is 0 Å². The summed E-state index contributed by atoms with van der Waals surface area (Å²) in [5.41, 5.74) is 2.67. The number of aliphatic hydroxyl groups excluding tert-OH is 8. The molecule has 0 amide bonds. The number of ether oxygens (including phenoxy) is 4. The van der Waals surface area contributed by atoms with E-state index in [0.717, 1.165) is 33.4 Å². The Morgan fingerprint density at radius 3 is 0.934 bits per heavy atom. The first-order chi connectivity index (χ1) is 35.3. The summed E-state index contributed by atoms with van der Waals surface area (Å²) in [6.07, 6.45) is 28.9. The van der Waals surface area contributed by atoms with Crippen LogP contribution < -0.4 is 0 Å². The van der Waals surface area contributed by atoms with Crippen LogP contribution in [0.4, 0.5) is 0 Å². The number of hydrogen-bond donors (Lipinski definition) is 10. The van der Waals surface area contributed by atoms with Crippen LogP contribution in [-0.4, -0.2) is 148 Å². The molecule has 2 rings (SSSR count). The van der Waals surface area contributed by atoms with Gasteiger partial charge in [0, 0.05) is 11.8 Å². The Hall–Kier alpha value is -3.94. The first-order valence-electron chi connectivity index (χ1n) is 26.5. The van der Waals surface area contributed by atoms with Crippen LogP contribution in [0.5, 0.6) is 0 Å². The summed E-state index contributed by atoms with van der Waals surface area (Å²) in [5.74, 6) is -0.445. The molecule has 76 heavy (non-hydrogen) atoms. The van der Waals surface area contributed by atoms with Crippen molar-refractivity contribution in [3.8, 4) is 0 Å². The van der Waals surface area contributed by atoms with Gasteiger partial charge in [0.25, 0.3) is 0 Å². The van der Waals surface area contributed by atoms with E-state index in [2.05, 4.69) is 12.2 Å². The quantitative estimate of drug-likeness (QED) is 0.0334. The molecule has 0 aromatic heterocycles. The van der Waals surface area contributed by atoms with Gasteiger partial charge in [0.2, 0.25) is 0 Å². The van der Waals surface area contributed by atoms with E-state index in [9.17, 15) is 51.1 Å². The zero-order valence-electron chi connectivity index (χ0n) is 47.8. The third-order valence-electron chi connectivity index (χ3n) is 13.4. The number of hydrogen-bond acceptors (Lipinski definition) is 14. The monoisotopic (exact) mass is 1060 g/mol. The lowest BCUT2D eigenvalue weighted by molar-refractivity contribution is -0.324. The molecule has 14 heteroatoms. The molecule has 2 saturated heterocycles. The fourth-order valence-electron chi connectivity index (χ4n) is 8.14. The highest BCUT2D eigenvalue weighted by Gasteiger charge is 2.47. The molecule has 0 saturated carbocycles. The maximum atomic E-state index is 11.0. The molecule has 12 atom stereocenters. The molecule has 2 fully saturated rings. The van der Waals surface area contributed by atoms with Crippen LogP contribution in [0.2, 0.25) is 0 Å². The molecular formula is C62H96O14. The van der Waals surface area contributed by atoms with Crippen molar-refractivity contribution >= 4 is 0 Å². The van der Waals surface area contributed by atoms with Gasteiger partial charge in [0.05, 0.1) is 35.6 Å². The SMILES string of the molecule is CC(/C=C/C=C(C)/C=C/C=C(C)/C=C/[C@H](CCC(C)(C)O[C@H]1O[C@@H](CO)[C@H](O)[C@@H](O)[C@@H]1O)C(C)(C)O)=C\C=C\C=C(C)\C=C\C=C(C)\C=C\C=C(C)\C=C\[C@H](CCC(C)(C)O[C@H]1O[C@H](CO)[C@H](O)[C@H](O)[C@H]1O)C(C)(C)O. The van der Waals surface area contributed by atoms with Gasteiger partial charge in [-0.05, 0) is 123 Å². The smallest absolute Gasteiger partial charge is 0.187 e. The Labute approximate surface area is 454 Å². The molecule has 0 radical (unpaired) electrons. The van der Waals surface area contributed by atoms with E-state index >= 15 is 0 Å². The third kappa shape index (κ3) is 25.2. The van der Waals surface area contributed by atoms with Crippen LogP contribution in [0.15, 0.2) is 155 Å². The highest BCUT2D eigenvalue weighted by atomic mass is 16.7. The van der Waals surface area contributed by atoms with E-state index in [4.69, 9.17) is 18.9 Å². The van der Waals surface area contributed by atoms with Crippen molar-refractivity contribution in [2.75, 3.05) is 13.2 Å². The second-order valence-electron chi connectivity index (χ2n) is 22.8. The molecule has 2 aliphatic heterocycles. The molecule has 428 valence electrons. The standard InChI is InChI=1S/C62H96O14/c1-41(23-17-25-43(3)27-19-29-45(5)31-33-47(61(11,12)71)35-37-59(7,8)75-57-55(69)53(67)51(65)49(39-63)73-57)21-15-16-22-42(2)24-18-26-44(4)28-20-30-46(6)32-34-48(62(13,14)72)36-38-60(9,10)76-58-56(70)54(68)52(66)50(40-64)74-58/h15-34,47-58,63-72H,35-40H2,1-14H3/b16-15+,23-17+,24-18+,27-19+,28-20+,33-31+,34-32+,41-21+,42-22+,43-25+,44-26+,45-29+,46-30+/t47-,48-,49-,50+,51+,52+,53+,54-,55-,56+,57-,58-/m1/s1. The van der Waals surface area contributed by atoms with Gasteiger partial charge in [0.1, 0.15) is 48.8 Å². The zero-order valence-corrected chi connectivity index (χ0v) is 47.8. The molecule has 2 aliphatic rings. The maximum Gasteiger partial charge on any atom is 0.187 e. The Morgan fingerprint density at radius 1 is 0.408 bits per heavy atom. The minimum atomic E-state index is -1.52. The summed E-state index contributed by atoms with van der Waals surface area (Å²) in [4.78, 5) is 0. The van der Waals surface area contributed by atoms with Crippen molar-refractivity contribution in [2.45, 2.75) is 206 Å². The highest BCUT2D eigenvalue weighted by Crippen LogP contribution is 2.34. The number of allylic oxidation sites excluding steroid dienone is 24. The summed E-state index contributed by atoms with van der Waals surface area (Å²) in [5, 5.41) is 102. The van der Waals surface area contributed by atoms with Crippen molar-refractivity contribution in [1.82, 2.24) is 0 Å². The van der Waals surface area contributed by atoms with E-state index in [1.165, 1.54) is 0 Å². The third-order valence-corrected chi connectivity index (χ3v) is 13.4. The minimum Gasteiger partial charge on any atom is -0.394 e. The van der Waals surface area contributed by atoms with Crippen LogP contribution in [0.25, 0.3) is 0 Å². The number of aliphatic hydroxyl groups is 10. The Balaban J connectivity index is 1.89. The molecule has 0 unspecified atom stereocenters. The van der Waals surface area contributed by atoms with E-state index in [0.29, 0.717) is 25.7 Å². The van der Waals surface area contributed by atoms with Crippen LogP contribution >= 0.6 is 0 Å². The van der Waals surface area contributed by atoms with Crippen molar-refractivity contribution in [1.29, 1.82) is 0 Å². The van der Waals surface area contributed by atoms with E-state index in [-0.39, 0.29) is 11.8 Å². The van der Waals surface area contributed by atoms with Gasteiger partial charge < -0.3 is 70.0 Å². The fraction of sp³-hybridized carbons (Fsp3) is 0.581. The predicted octanol–water partition coefficient (Wildman–Crippen LogP) is 8.08. The van der Waals surface area contributed by atoms with Gasteiger partial charge >= 0.3 is 0 Å². The van der Waals surface area contributed by atoms with E-state index in [1.807, 2.05) is 179 Å². The summed E-state index contributed by atoms with van der Waals surface area (Å²) in [6.45, 7) is 25.4. The van der Waals surface area contributed by atoms with Crippen LogP contribution in [-0.2, 0) is 18.9 Å². The Bertz CT molecular complexity index is 2030. The predicted molar refractivity (Wildman–Crippen MR) is 302 cm³/mol. The maximum absolute atomic E-state index is 11.0. The van der Waals surface area contributed by atoms with E-state index < -0.39 is 97.0 Å². The van der Waals surface area contributed by atoms with Crippen LogP contribution in [0.3, 0.4) is 0 Å². The molecule has 0 aromatic carbocycles. The lowest BCUT2D eigenvalue weighted by Crippen LogP contribution is -2.60. The molecule has 0 bridgehead atoms. The summed E-state index contributed by atoms with van der Waals surface area (Å²) in [7, 11) is 0. The van der Waals surface area contributed by atoms with Gasteiger partial charge in [-0.3, -0.25) is 0 Å². The van der Waals surface area contributed by atoms with Gasteiger partial charge in [-0.1, -0.05) is 155 Å². The average molecular weight is 1070 g/mol. The van der Waals surface area contributed by atoms with Crippen molar-refractivity contribution in [2.24, 2.45) is 11.8 Å². The van der Waals surface area contributed by atoms with E-state index in [1.54, 1.807) is 27.7 Å². The molecule has 0 spiro atoms. The lowest BCUT2D eigenvalue weighted by Gasteiger charge is -2.43. The van der Waals surface area contributed by atoms with Gasteiger partial charge in [0.15, 0.2) is 12.6 Å². The van der Waals surface area contributed by atoms with Crippen molar-refractivity contribution in [3.05, 3.63) is 155 Å². The van der Waals surface area contributed by atoms with Gasteiger partial charge in [-0.15, -0.1) is 0 Å². The summed E-state index contributed by atoms with van der Waals surface area (Å²) in [6, 6.07) is 0. The second kappa shape index (κ2) is 32.2. The first kappa shape index (κ1) is 68.2. The molecule has 14 nitrogen and oxygen atoms in total. The highest BCUT2D eigenvalue weighted by molar-refractivity contribution is 5.34. The molecular weight excluding hydrogens is 969 g/mol. The average Bonchev–Trinajstić information content (AvgIpc) is 3.32. The van der Waals surface area contributed by atoms with Crippen molar-refractivity contribution in [3.63, 3.8) is 0 Å². The van der Waals surface area contributed by atoms with Crippen molar-refractivity contribution < 1.29 is 70.0 Å². The Morgan fingerprint density at radius 2 is 0.671 bits per heavy atom. The molecule has 0 aromatic rings. The minimum absolute atomic E-state index is 0.222. The van der Waals surface area contributed by atoms with Crippen LogP contribution in [0, 0.1) is 11.8 Å². The molecule has 2 heterocycles. The first-order valence-corrected chi connectivity index (χ1v) is 26.5.